The zero-order valence-electron chi connectivity index (χ0n) is 17.2. The highest BCUT2D eigenvalue weighted by molar-refractivity contribution is 6.00. The van der Waals surface area contributed by atoms with Crippen molar-refractivity contribution < 1.29 is 13.9 Å². The van der Waals surface area contributed by atoms with Gasteiger partial charge in [-0.1, -0.05) is 24.3 Å². The first-order valence-electron chi connectivity index (χ1n) is 10.6. The number of fused-ring (bicyclic) bond motifs is 3. The molecule has 2 aromatic heterocycles. The summed E-state index contributed by atoms with van der Waals surface area (Å²) in [5.74, 6) is 0.757. The van der Waals surface area contributed by atoms with Crippen molar-refractivity contribution in [1.82, 2.24) is 19.9 Å². The molecular formula is C24H23FN4O2. The molecule has 3 atom stereocenters. The van der Waals surface area contributed by atoms with E-state index in [0.29, 0.717) is 35.3 Å². The minimum atomic E-state index is -0.509. The Balaban J connectivity index is 1.42. The Morgan fingerprint density at radius 1 is 1.06 bits per heavy atom. The molecule has 2 bridgehead atoms. The highest BCUT2D eigenvalue weighted by Gasteiger charge is 2.44. The fourth-order valence-electron chi connectivity index (χ4n) is 4.64. The lowest BCUT2D eigenvalue weighted by Crippen LogP contribution is -2.59. The Morgan fingerprint density at radius 2 is 1.87 bits per heavy atom. The Morgan fingerprint density at radius 3 is 2.61 bits per heavy atom. The lowest BCUT2D eigenvalue weighted by Gasteiger charge is -2.49. The van der Waals surface area contributed by atoms with Crippen LogP contribution in [0.3, 0.4) is 0 Å². The molecule has 0 radical (unpaired) electrons. The largest absolute Gasteiger partial charge is 0.472 e. The van der Waals surface area contributed by atoms with Gasteiger partial charge in [-0.15, -0.1) is 0 Å². The van der Waals surface area contributed by atoms with Crippen molar-refractivity contribution in [2.24, 2.45) is 5.92 Å². The van der Waals surface area contributed by atoms with Crippen molar-refractivity contribution >= 4 is 5.91 Å². The normalized spacial score (nSPS) is 22.4. The van der Waals surface area contributed by atoms with Crippen LogP contribution in [-0.2, 0) is 0 Å². The molecule has 0 spiro atoms. The first kappa shape index (κ1) is 19.6. The monoisotopic (exact) mass is 418 g/mol. The molecule has 3 aromatic rings. The summed E-state index contributed by atoms with van der Waals surface area (Å²) in [6.45, 7) is 2.70. The number of benzene rings is 1. The Hall–Kier alpha value is -3.35. The lowest BCUT2D eigenvalue weighted by atomic mass is 9.77. The van der Waals surface area contributed by atoms with Crippen LogP contribution >= 0.6 is 0 Å². The smallest absolute Gasteiger partial charge is 0.254 e. The minimum absolute atomic E-state index is 0.0113. The number of ether oxygens (including phenoxy) is 1. The van der Waals surface area contributed by atoms with Gasteiger partial charge in [-0.25, -0.2) is 19.3 Å². The van der Waals surface area contributed by atoms with Crippen molar-refractivity contribution in [1.29, 1.82) is 0 Å². The number of hydrogen-bond acceptors (Lipinski definition) is 5. The first-order chi connectivity index (χ1) is 15.1. The number of aromatic nitrogens is 3. The Labute approximate surface area is 180 Å². The maximum atomic E-state index is 13.6. The highest BCUT2D eigenvalue weighted by atomic mass is 19.1. The zero-order valence-corrected chi connectivity index (χ0v) is 17.2. The summed E-state index contributed by atoms with van der Waals surface area (Å²) in [4.78, 5) is 28.1. The molecule has 1 unspecified atom stereocenters. The molecule has 1 amide bonds. The van der Waals surface area contributed by atoms with E-state index < -0.39 is 5.82 Å². The van der Waals surface area contributed by atoms with Gasteiger partial charge in [0, 0.05) is 24.4 Å². The number of hydrogen-bond donors (Lipinski definition) is 0. The maximum absolute atomic E-state index is 13.6. The van der Waals surface area contributed by atoms with Crippen LogP contribution in [0.5, 0.6) is 5.88 Å². The van der Waals surface area contributed by atoms with E-state index in [1.54, 1.807) is 18.3 Å². The number of piperidine rings is 2. The third kappa shape index (κ3) is 3.87. The van der Waals surface area contributed by atoms with Gasteiger partial charge in [0.1, 0.15) is 6.10 Å². The second-order valence-corrected chi connectivity index (χ2v) is 8.30. The molecule has 1 saturated carbocycles. The van der Waals surface area contributed by atoms with E-state index in [9.17, 15) is 9.18 Å². The van der Waals surface area contributed by atoms with Crippen LogP contribution in [0.15, 0.2) is 55.0 Å². The van der Waals surface area contributed by atoms with Gasteiger partial charge in [-0.05, 0) is 43.7 Å². The number of amides is 1. The first-order valence-corrected chi connectivity index (χ1v) is 10.6. The summed E-state index contributed by atoms with van der Waals surface area (Å²) in [6.07, 6.45) is 6.86. The average Bonchev–Trinajstić information content (AvgIpc) is 2.81. The standard InChI is InChI=1S/C24H23FN4O2/c1-15-6-9-22(26-11-15)31-21-10-16-7-8-20(21)29(14-16)24(30)19-5-3-2-4-18(19)23-27-12-17(25)13-28-23/h2-6,9,11-13,16,20-21H,7-8,10,14H2,1H3/t16?,20-,21+/m0/s1. The number of nitrogens with zero attached hydrogens (tertiary/aromatic N) is 4. The molecule has 7 heteroatoms. The molecule has 4 heterocycles. The summed E-state index contributed by atoms with van der Waals surface area (Å²) >= 11 is 0. The van der Waals surface area contributed by atoms with Gasteiger partial charge >= 0.3 is 0 Å². The van der Waals surface area contributed by atoms with Crippen LogP contribution in [0.2, 0.25) is 0 Å². The molecule has 31 heavy (non-hydrogen) atoms. The quantitative estimate of drug-likeness (QED) is 0.639. The summed E-state index contributed by atoms with van der Waals surface area (Å²) in [7, 11) is 0. The van der Waals surface area contributed by atoms with Crippen LogP contribution in [0.1, 0.15) is 35.2 Å². The van der Waals surface area contributed by atoms with Crippen LogP contribution in [-0.4, -0.2) is 44.4 Å². The SMILES string of the molecule is Cc1ccc(O[C@@H]2CC3CC[C@@H]2N(C(=O)c2ccccc2-c2ncc(F)cn2)C3)nc1. The van der Waals surface area contributed by atoms with Crippen molar-refractivity contribution in [2.45, 2.75) is 38.3 Å². The number of carbonyl (C=O) groups excluding carboxylic acids is 1. The number of halogens is 1. The topological polar surface area (TPSA) is 68.2 Å². The summed E-state index contributed by atoms with van der Waals surface area (Å²) in [6, 6.07) is 11.1. The summed E-state index contributed by atoms with van der Waals surface area (Å²) in [5.41, 5.74) is 2.20. The van der Waals surface area contributed by atoms with E-state index in [0.717, 1.165) is 37.2 Å². The van der Waals surface area contributed by atoms with Crippen LogP contribution < -0.4 is 4.74 Å². The molecule has 1 aromatic carbocycles. The van der Waals surface area contributed by atoms with Crippen molar-refractivity contribution in [3.63, 3.8) is 0 Å². The van der Waals surface area contributed by atoms with Gasteiger partial charge in [0.2, 0.25) is 5.88 Å². The maximum Gasteiger partial charge on any atom is 0.254 e. The predicted molar refractivity (Wildman–Crippen MR) is 113 cm³/mol. The van der Waals surface area contributed by atoms with Crippen molar-refractivity contribution in [2.75, 3.05) is 6.54 Å². The summed E-state index contributed by atoms with van der Waals surface area (Å²) < 4.78 is 19.5. The van der Waals surface area contributed by atoms with Gasteiger partial charge in [-0.3, -0.25) is 4.79 Å². The van der Waals surface area contributed by atoms with Crippen LogP contribution in [0, 0.1) is 18.7 Å². The van der Waals surface area contributed by atoms with Crippen LogP contribution in [0.25, 0.3) is 11.4 Å². The van der Waals surface area contributed by atoms with E-state index in [2.05, 4.69) is 15.0 Å². The van der Waals surface area contributed by atoms with Gasteiger partial charge in [0.25, 0.3) is 5.91 Å². The molecule has 0 N–H and O–H groups in total. The fraction of sp³-hybridized carbons (Fsp3) is 0.333. The molecule has 1 aliphatic carbocycles. The number of pyridine rings is 1. The Kier molecular flexibility index (Phi) is 5.10. The molecule has 3 aliphatic rings. The average molecular weight is 418 g/mol. The third-order valence-corrected chi connectivity index (χ3v) is 6.16. The zero-order chi connectivity index (χ0) is 21.4. The number of aryl methyl sites for hydroxylation is 1. The molecule has 2 aliphatic heterocycles. The van der Waals surface area contributed by atoms with Crippen LogP contribution in [0.4, 0.5) is 4.39 Å². The fourth-order valence-corrected chi connectivity index (χ4v) is 4.64. The highest BCUT2D eigenvalue weighted by Crippen LogP contribution is 2.38. The van der Waals surface area contributed by atoms with Crippen molar-refractivity contribution in [3.8, 4) is 17.3 Å². The molecule has 158 valence electrons. The predicted octanol–water partition coefficient (Wildman–Crippen LogP) is 4.06. The molecule has 2 saturated heterocycles. The lowest BCUT2D eigenvalue weighted by molar-refractivity contribution is -0.0313. The molecule has 6 nitrogen and oxygen atoms in total. The second kappa shape index (κ2) is 8.06. The van der Waals surface area contributed by atoms with Gasteiger partial charge < -0.3 is 9.64 Å². The van der Waals surface area contributed by atoms with E-state index in [-0.39, 0.29) is 18.1 Å². The number of carbonyl (C=O) groups is 1. The van der Waals surface area contributed by atoms with Gasteiger partial charge in [0.15, 0.2) is 11.6 Å². The summed E-state index contributed by atoms with van der Waals surface area (Å²) in [5, 5.41) is 0. The number of rotatable bonds is 4. The Bertz CT molecular complexity index is 1090. The van der Waals surface area contributed by atoms with E-state index in [4.69, 9.17) is 4.74 Å². The van der Waals surface area contributed by atoms with Gasteiger partial charge in [-0.2, -0.15) is 0 Å². The van der Waals surface area contributed by atoms with E-state index in [1.165, 1.54) is 0 Å². The molecule has 6 rings (SSSR count). The second-order valence-electron chi connectivity index (χ2n) is 8.30. The molecule has 3 fully saturated rings. The van der Waals surface area contributed by atoms with Crippen molar-refractivity contribution in [3.05, 3.63) is 71.9 Å². The minimum Gasteiger partial charge on any atom is -0.472 e. The molecular weight excluding hydrogens is 395 g/mol. The van der Waals surface area contributed by atoms with E-state index in [1.807, 2.05) is 36.1 Å². The van der Waals surface area contributed by atoms with Gasteiger partial charge in [0.05, 0.1) is 24.0 Å². The third-order valence-electron chi connectivity index (χ3n) is 6.16. The van der Waals surface area contributed by atoms with E-state index >= 15 is 0 Å².